The Morgan fingerprint density at radius 1 is 1.60 bits per heavy atom. The number of rotatable bonds is 1. The first-order valence-corrected chi connectivity index (χ1v) is 3.91. The van der Waals surface area contributed by atoms with Crippen LogP contribution < -0.4 is 0 Å². The first kappa shape index (κ1) is 8.31. The Morgan fingerprint density at radius 2 is 2.20 bits per heavy atom. The number of hydrogen-bond acceptors (Lipinski definition) is 2. The van der Waals surface area contributed by atoms with Crippen LogP contribution in [0.4, 0.5) is 0 Å². The zero-order chi connectivity index (χ0) is 7.78. The minimum absolute atomic E-state index is 0.0294. The van der Waals surface area contributed by atoms with Gasteiger partial charge in [-0.05, 0) is 20.8 Å². The van der Waals surface area contributed by atoms with E-state index in [-0.39, 0.29) is 11.5 Å². The fraction of sp³-hybridized carbons (Fsp3) is 1.00. The standard InChI is InChI=1S/C7H13ClO2/c1-5(8)6-4-9-7(2,3)10-6/h5-6H,4H2,1-3H3/t5-,6?/m1/s1. The third kappa shape index (κ3) is 1.84. The van der Waals surface area contributed by atoms with Crippen molar-refractivity contribution in [2.75, 3.05) is 6.61 Å². The molecule has 1 fully saturated rings. The van der Waals surface area contributed by atoms with Gasteiger partial charge >= 0.3 is 0 Å². The van der Waals surface area contributed by atoms with E-state index in [1.54, 1.807) is 0 Å². The fourth-order valence-corrected chi connectivity index (χ4v) is 1.07. The summed E-state index contributed by atoms with van der Waals surface area (Å²) in [5, 5.41) is 0.0294. The van der Waals surface area contributed by atoms with Crippen molar-refractivity contribution >= 4 is 11.6 Å². The van der Waals surface area contributed by atoms with Crippen LogP contribution in [0.15, 0.2) is 0 Å². The van der Waals surface area contributed by atoms with Gasteiger partial charge in [-0.2, -0.15) is 0 Å². The maximum absolute atomic E-state index is 5.81. The minimum atomic E-state index is -0.437. The van der Waals surface area contributed by atoms with Gasteiger partial charge in [-0.15, -0.1) is 11.6 Å². The van der Waals surface area contributed by atoms with Gasteiger partial charge in [0.15, 0.2) is 5.79 Å². The Kier molecular flexibility index (Phi) is 2.23. The molecule has 1 rings (SSSR count). The molecule has 0 bridgehead atoms. The van der Waals surface area contributed by atoms with Crippen molar-refractivity contribution in [3.8, 4) is 0 Å². The van der Waals surface area contributed by atoms with Crippen molar-refractivity contribution < 1.29 is 9.47 Å². The van der Waals surface area contributed by atoms with Crippen molar-refractivity contribution in [1.82, 2.24) is 0 Å². The molecule has 1 aliphatic rings. The van der Waals surface area contributed by atoms with E-state index < -0.39 is 5.79 Å². The molecule has 0 aromatic carbocycles. The Labute approximate surface area is 66.5 Å². The lowest BCUT2D eigenvalue weighted by Crippen LogP contribution is -2.25. The highest BCUT2D eigenvalue weighted by Gasteiger charge is 2.34. The molecular weight excluding hydrogens is 152 g/mol. The molecule has 1 unspecified atom stereocenters. The first-order chi connectivity index (χ1) is 4.51. The Balaban J connectivity index is 2.43. The number of hydrogen-bond donors (Lipinski definition) is 0. The topological polar surface area (TPSA) is 18.5 Å². The van der Waals surface area contributed by atoms with Crippen LogP contribution in [0.3, 0.4) is 0 Å². The zero-order valence-corrected chi connectivity index (χ0v) is 7.31. The van der Waals surface area contributed by atoms with E-state index in [0.717, 1.165) is 0 Å². The van der Waals surface area contributed by atoms with E-state index in [2.05, 4.69) is 0 Å². The lowest BCUT2D eigenvalue weighted by molar-refractivity contribution is -0.138. The van der Waals surface area contributed by atoms with Gasteiger partial charge in [0.05, 0.1) is 12.0 Å². The van der Waals surface area contributed by atoms with Gasteiger partial charge in [0.1, 0.15) is 6.10 Å². The summed E-state index contributed by atoms with van der Waals surface area (Å²) in [5.41, 5.74) is 0. The lowest BCUT2D eigenvalue weighted by atomic mass is 10.3. The summed E-state index contributed by atoms with van der Waals surface area (Å²) in [7, 11) is 0. The van der Waals surface area contributed by atoms with Crippen LogP contribution in [0.2, 0.25) is 0 Å². The highest BCUT2D eigenvalue weighted by molar-refractivity contribution is 6.20. The summed E-state index contributed by atoms with van der Waals surface area (Å²) in [6.45, 7) is 6.31. The van der Waals surface area contributed by atoms with Gasteiger partial charge in [-0.25, -0.2) is 0 Å². The highest BCUT2D eigenvalue weighted by atomic mass is 35.5. The largest absolute Gasteiger partial charge is 0.348 e. The second kappa shape index (κ2) is 2.68. The van der Waals surface area contributed by atoms with Crippen LogP contribution in [0, 0.1) is 0 Å². The predicted octanol–water partition coefficient (Wildman–Crippen LogP) is 1.77. The highest BCUT2D eigenvalue weighted by Crippen LogP contribution is 2.25. The van der Waals surface area contributed by atoms with Gasteiger partial charge < -0.3 is 9.47 Å². The Bertz CT molecular complexity index is 123. The summed E-state index contributed by atoms with van der Waals surface area (Å²) in [5.74, 6) is -0.437. The van der Waals surface area contributed by atoms with E-state index >= 15 is 0 Å². The maximum atomic E-state index is 5.81. The molecule has 0 aliphatic carbocycles. The van der Waals surface area contributed by atoms with Crippen LogP contribution >= 0.6 is 11.6 Å². The third-order valence-corrected chi connectivity index (χ3v) is 1.82. The number of ether oxygens (including phenoxy) is 2. The van der Waals surface area contributed by atoms with Crippen molar-refractivity contribution in [3.05, 3.63) is 0 Å². The molecule has 0 saturated carbocycles. The minimum Gasteiger partial charge on any atom is -0.348 e. The first-order valence-electron chi connectivity index (χ1n) is 3.47. The van der Waals surface area contributed by atoms with Gasteiger partial charge in [0, 0.05) is 0 Å². The second-order valence-corrected chi connectivity index (χ2v) is 3.73. The molecule has 0 spiro atoms. The molecule has 2 atom stereocenters. The molecule has 60 valence electrons. The molecule has 2 nitrogen and oxygen atoms in total. The van der Waals surface area contributed by atoms with Crippen LogP contribution in [-0.2, 0) is 9.47 Å². The zero-order valence-electron chi connectivity index (χ0n) is 6.56. The van der Waals surface area contributed by atoms with E-state index in [0.29, 0.717) is 6.61 Å². The van der Waals surface area contributed by atoms with E-state index in [1.165, 1.54) is 0 Å². The van der Waals surface area contributed by atoms with Crippen molar-refractivity contribution in [1.29, 1.82) is 0 Å². The molecule has 3 heteroatoms. The normalized spacial score (nSPS) is 34.2. The summed E-state index contributed by atoms with van der Waals surface area (Å²) < 4.78 is 10.8. The van der Waals surface area contributed by atoms with Gasteiger partial charge in [-0.3, -0.25) is 0 Å². The van der Waals surface area contributed by atoms with Crippen molar-refractivity contribution in [2.45, 2.75) is 38.0 Å². The molecule has 1 heterocycles. The van der Waals surface area contributed by atoms with Gasteiger partial charge in [0.2, 0.25) is 0 Å². The monoisotopic (exact) mass is 164 g/mol. The van der Waals surface area contributed by atoms with Crippen LogP contribution in [0.25, 0.3) is 0 Å². The maximum Gasteiger partial charge on any atom is 0.163 e. The summed E-state index contributed by atoms with van der Waals surface area (Å²) in [4.78, 5) is 0. The van der Waals surface area contributed by atoms with Crippen molar-refractivity contribution in [2.24, 2.45) is 0 Å². The average Bonchev–Trinajstić information content (AvgIpc) is 2.10. The number of alkyl halides is 1. The SMILES string of the molecule is C[C@@H](Cl)C1COC(C)(C)O1. The fourth-order valence-electron chi connectivity index (χ4n) is 0.942. The van der Waals surface area contributed by atoms with Crippen LogP contribution in [0.5, 0.6) is 0 Å². The molecule has 0 N–H and O–H groups in total. The van der Waals surface area contributed by atoms with Gasteiger partial charge in [0.25, 0.3) is 0 Å². The molecule has 0 aromatic heterocycles. The molecular formula is C7H13ClO2. The molecule has 0 amide bonds. The third-order valence-electron chi connectivity index (χ3n) is 1.54. The Morgan fingerprint density at radius 3 is 2.40 bits per heavy atom. The molecule has 0 aromatic rings. The number of halogens is 1. The summed E-state index contributed by atoms with van der Waals surface area (Å²) in [6.07, 6.45) is 0.0525. The van der Waals surface area contributed by atoms with E-state index in [4.69, 9.17) is 21.1 Å². The summed E-state index contributed by atoms with van der Waals surface area (Å²) in [6, 6.07) is 0. The average molecular weight is 165 g/mol. The molecule has 0 radical (unpaired) electrons. The lowest BCUT2D eigenvalue weighted by Gasteiger charge is -2.17. The summed E-state index contributed by atoms with van der Waals surface area (Å²) >= 11 is 5.81. The van der Waals surface area contributed by atoms with Crippen molar-refractivity contribution in [3.63, 3.8) is 0 Å². The van der Waals surface area contributed by atoms with Crippen LogP contribution in [0.1, 0.15) is 20.8 Å². The molecule has 1 saturated heterocycles. The Hall–Kier alpha value is 0.210. The second-order valence-electron chi connectivity index (χ2n) is 3.04. The van der Waals surface area contributed by atoms with E-state index in [9.17, 15) is 0 Å². The smallest absolute Gasteiger partial charge is 0.163 e. The quantitative estimate of drug-likeness (QED) is 0.550. The van der Waals surface area contributed by atoms with E-state index in [1.807, 2.05) is 20.8 Å². The van der Waals surface area contributed by atoms with Gasteiger partial charge in [-0.1, -0.05) is 0 Å². The predicted molar refractivity (Wildman–Crippen MR) is 40.2 cm³/mol. The molecule has 10 heavy (non-hydrogen) atoms. The van der Waals surface area contributed by atoms with Crippen LogP contribution in [-0.4, -0.2) is 23.9 Å². The molecule has 1 aliphatic heterocycles.